The molecule has 0 amide bonds. The maximum Gasteiger partial charge on any atom is 0.175 e. The Morgan fingerprint density at radius 2 is 1.68 bits per heavy atom. The fourth-order valence-corrected chi connectivity index (χ4v) is 2.75. The standard InChI is InChI=1S/C14H24N2O2S/c1-4-11(5-2)14(15)10-16-12-6-8-13(9-7-12)19(3,17)18/h6-9,11,14,16H,4-5,10,15H2,1-3H3. The lowest BCUT2D eigenvalue weighted by Gasteiger charge is -2.22. The average Bonchev–Trinajstić information content (AvgIpc) is 2.37. The molecule has 0 radical (unpaired) electrons. The van der Waals surface area contributed by atoms with E-state index >= 15 is 0 Å². The number of anilines is 1. The Balaban J connectivity index is 2.60. The molecule has 0 aliphatic heterocycles. The highest BCUT2D eigenvalue weighted by atomic mass is 32.2. The summed E-state index contributed by atoms with van der Waals surface area (Å²) in [5.74, 6) is 0.516. The van der Waals surface area contributed by atoms with Crippen molar-refractivity contribution in [3.63, 3.8) is 0 Å². The molecule has 0 saturated heterocycles. The van der Waals surface area contributed by atoms with Crippen LogP contribution in [-0.4, -0.2) is 27.3 Å². The van der Waals surface area contributed by atoms with Crippen LogP contribution >= 0.6 is 0 Å². The van der Waals surface area contributed by atoms with E-state index in [1.165, 1.54) is 6.26 Å². The number of nitrogens with one attached hydrogen (secondary N) is 1. The van der Waals surface area contributed by atoms with E-state index in [4.69, 9.17) is 5.73 Å². The summed E-state index contributed by atoms with van der Waals surface area (Å²) in [6.45, 7) is 4.99. The molecule has 108 valence electrons. The summed E-state index contributed by atoms with van der Waals surface area (Å²) < 4.78 is 22.7. The van der Waals surface area contributed by atoms with E-state index in [0.29, 0.717) is 17.4 Å². The molecule has 0 spiro atoms. The zero-order valence-corrected chi connectivity index (χ0v) is 12.7. The molecule has 4 nitrogen and oxygen atoms in total. The van der Waals surface area contributed by atoms with Crippen molar-refractivity contribution in [3.8, 4) is 0 Å². The average molecular weight is 284 g/mol. The number of sulfone groups is 1. The van der Waals surface area contributed by atoms with Crippen LogP contribution in [0.5, 0.6) is 0 Å². The van der Waals surface area contributed by atoms with Crippen molar-refractivity contribution in [2.75, 3.05) is 18.1 Å². The van der Waals surface area contributed by atoms with Gasteiger partial charge in [-0.15, -0.1) is 0 Å². The highest BCUT2D eigenvalue weighted by Crippen LogP contribution is 2.15. The summed E-state index contributed by atoms with van der Waals surface area (Å²) in [4.78, 5) is 0.336. The van der Waals surface area contributed by atoms with Gasteiger partial charge in [-0.25, -0.2) is 8.42 Å². The van der Waals surface area contributed by atoms with Crippen LogP contribution in [0.15, 0.2) is 29.2 Å². The minimum absolute atomic E-state index is 0.115. The quantitative estimate of drug-likeness (QED) is 0.805. The predicted molar refractivity (Wildman–Crippen MR) is 80.1 cm³/mol. The van der Waals surface area contributed by atoms with Crippen LogP contribution in [-0.2, 0) is 9.84 Å². The van der Waals surface area contributed by atoms with Gasteiger partial charge >= 0.3 is 0 Å². The molecular weight excluding hydrogens is 260 g/mol. The fraction of sp³-hybridized carbons (Fsp3) is 0.571. The molecule has 0 fully saturated rings. The molecule has 0 bridgehead atoms. The van der Waals surface area contributed by atoms with Crippen molar-refractivity contribution in [1.82, 2.24) is 0 Å². The van der Waals surface area contributed by atoms with Gasteiger partial charge in [0.25, 0.3) is 0 Å². The van der Waals surface area contributed by atoms with Gasteiger partial charge in [0, 0.05) is 24.5 Å². The van der Waals surface area contributed by atoms with Gasteiger partial charge < -0.3 is 11.1 Å². The maximum atomic E-state index is 11.3. The molecule has 1 aromatic rings. The van der Waals surface area contributed by atoms with Gasteiger partial charge in [-0.2, -0.15) is 0 Å². The van der Waals surface area contributed by atoms with E-state index in [-0.39, 0.29) is 6.04 Å². The van der Waals surface area contributed by atoms with Crippen molar-refractivity contribution in [1.29, 1.82) is 0 Å². The van der Waals surface area contributed by atoms with Crippen LogP contribution in [0.1, 0.15) is 26.7 Å². The van der Waals surface area contributed by atoms with Gasteiger partial charge in [0.05, 0.1) is 4.90 Å². The lowest BCUT2D eigenvalue weighted by Crippen LogP contribution is -2.36. The minimum atomic E-state index is -3.12. The van der Waals surface area contributed by atoms with Gasteiger partial charge in [-0.3, -0.25) is 0 Å². The molecule has 1 atom stereocenters. The van der Waals surface area contributed by atoms with Crippen LogP contribution < -0.4 is 11.1 Å². The van der Waals surface area contributed by atoms with Gasteiger partial charge in [-0.1, -0.05) is 26.7 Å². The van der Waals surface area contributed by atoms with Crippen LogP contribution in [0.4, 0.5) is 5.69 Å². The SMILES string of the molecule is CCC(CC)C(N)CNc1ccc(S(C)(=O)=O)cc1. The van der Waals surface area contributed by atoms with Crippen molar-refractivity contribution < 1.29 is 8.42 Å². The molecule has 0 aliphatic carbocycles. The Hall–Kier alpha value is -1.07. The van der Waals surface area contributed by atoms with E-state index in [2.05, 4.69) is 19.2 Å². The van der Waals surface area contributed by atoms with Gasteiger partial charge in [0.2, 0.25) is 0 Å². The number of hydrogen-bond donors (Lipinski definition) is 2. The Bertz CT molecular complexity index is 479. The second kappa shape index (κ2) is 6.91. The molecule has 0 aromatic heterocycles. The Labute approximate surface area is 116 Å². The number of benzene rings is 1. The first-order valence-electron chi connectivity index (χ1n) is 6.68. The third-order valence-electron chi connectivity index (χ3n) is 3.48. The van der Waals surface area contributed by atoms with E-state index in [1.54, 1.807) is 24.3 Å². The second-order valence-corrected chi connectivity index (χ2v) is 6.93. The normalized spacial score (nSPS) is 13.5. The number of rotatable bonds is 7. The monoisotopic (exact) mass is 284 g/mol. The second-order valence-electron chi connectivity index (χ2n) is 4.92. The highest BCUT2D eigenvalue weighted by Gasteiger charge is 2.13. The molecule has 1 unspecified atom stereocenters. The zero-order chi connectivity index (χ0) is 14.5. The minimum Gasteiger partial charge on any atom is -0.383 e. The van der Waals surface area contributed by atoms with E-state index in [0.717, 1.165) is 18.5 Å². The molecule has 5 heteroatoms. The third kappa shape index (κ3) is 4.84. The van der Waals surface area contributed by atoms with Gasteiger partial charge in [0.1, 0.15) is 0 Å². The van der Waals surface area contributed by atoms with Gasteiger partial charge in [0.15, 0.2) is 9.84 Å². The largest absolute Gasteiger partial charge is 0.383 e. The third-order valence-corrected chi connectivity index (χ3v) is 4.61. The number of nitrogens with two attached hydrogens (primary N) is 1. The summed E-state index contributed by atoms with van der Waals surface area (Å²) >= 11 is 0. The summed E-state index contributed by atoms with van der Waals surface area (Å²) in [6, 6.07) is 6.89. The number of hydrogen-bond acceptors (Lipinski definition) is 4. The van der Waals surface area contributed by atoms with Crippen molar-refractivity contribution in [2.24, 2.45) is 11.7 Å². The highest BCUT2D eigenvalue weighted by molar-refractivity contribution is 7.90. The maximum absolute atomic E-state index is 11.3. The molecule has 1 rings (SSSR count). The Morgan fingerprint density at radius 3 is 2.11 bits per heavy atom. The van der Waals surface area contributed by atoms with Crippen LogP contribution in [0.3, 0.4) is 0 Å². The lowest BCUT2D eigenvalue weighted by atomic mass is 9.95. The smallest absolute Gasteiger partial charge is 0.175 e. The summed E-state index contributed by atoms with van der Waals surface area (Å²) in [6.07, 6.45) is 3.36. The Kier molecular flexibility index (Phi) is 5.82. The van der Waals surface area contributed by atoms with E-state index < -0.39 is 9.84 Å². The Morgan fingerprint density at radius 1 is 1.16 bits per heavy atom. The van der Waals surface area contributed by atoms with Crippen LogP contribution in [0.25, 0.3) is 0 Å². The summed E-state index contributed by atoms with van der Waals surface area (Å²) in [7, 11) is -3.12. The molecule has 19 heavy (non-hydrogen) atoms. The van der Waals surface area contributed by atoms with Crippen LogP contribution in [0.2, 0.25) is 0 Å². The first-order valence-corrected chi connectivity index (χ1v) is 8.57. The van der Waals surface area contributed by atoms with Crippen LogP contribution in [0, 0.1) is 5.92 Å². The lowest BCUT2D eigenvalue weighted by molar-refractivity contribution is 0.407. The molecular formula is C14H24N2O2S. The summed E-state index contributed by atoms with van der Waals surface area (Å²) in [5, 5.41) is 3.25. The van der Waals surface area contributed by atoms with E-state index in [1.807, 2.05) is 0 Å². The van der Waals surface area contributed by atoms with Crippen molar-refractivity contribution >= 4 is 15.5 Å². The zero-order valence-electron chi connectivity index (χ0n) is 11.9. The first-order chi connectivity index (χ1) is 8.88. The van der Waals surface area contributed by atoms with Gasteiger partial charge in [-0.05, 0) is 30.2 Å². The molecule has 0 aliphatic rings. The molecule has 0 saturated carbocycles. The molecule has 1 aromatic carbocycles. The van der Waals surface area contributed by atoms with Crippen molar-refractivity contribution in [3.05, 3.63) is 24.3 Å². The predicted octanol–water partition coefficient (Wildman–Crippen LogP) is 2.27. The molecule has 0 heterocycles. The molecule has 3 N–H and O–H groups in total. The fourth-order valence-electron chi connectivity index (χ4n) is 2.12. The first kappa shape index (κ1) is 16.0. The summed E-state index contributed by atoms with van der Waals surface area (Å²) in [5.41, 5.74) is 7.02. The van der Waals surface area contributed by atoms with E-state index in [9.17, 15) is 8.42 Å². The van der Waals surface area contributed by atoms with Crippen molar-refractivity contribution in [2.45, 2.75) is 37.6 Å². The topological polar surface area (TPSA) is 72.2 Å².